The number of rotatable bonds is 16. The monoisotopic (exact) mass is 648 g/mol. The molecule has 4 aromatic rings. The number of esters is 2. The van der Waals surface area contributed by atoms with Gasteiger partial charge in [-0.3, -0.25) is 0 Å². The van der Waals surface area contributed by atoms with E-state index in [4.69, 9.17) is 23.7 Å². The summed E-state index contributed by atoms with van der Waals surface area (Å²) in [6.45, 7) is 7.96. The Hall–Kier alpha value is -4.46. The molecule has 7 nitrogen and oxygen atoms in total. The van der Waals surface area contributed by atoms with Crippen molar-refractivity contribution in [2.75, 3.05) is 33.0 Å². The molecule has 0 radical (unpaired) electrons. The molecule has 0 atom stereocenters. The minimum Gasteiger partial charge on any atom is -0.494 e. The van der Waals surface area contributed by atoms with Gasteiger partial charge in [-0.1, -0.05) is 51.0 Å². The van der Waals surface area contributed by atoms with Gasteiger partial charge in [-0.25, -0.2) is 9.59 Å². The van der Waals surface area contributed by atoms with Crippen molar-refractivity contribution in [1.29, 1.82) is 0 Å². The van der Waals surface area contributed by atoms with Gasteiger partial charge < -0.3 is 23.7 Å². The highest BCUT2D eigenvalue weighted by Crippen LogP contribution is 2.40. The van der Waals surface area contributed by atoms with Crippen LogP contribution in [0.3, 0.4) is 0 Å². The predicted octanol–water partition coefficient (Wildman–Crippen LogP) is 8.64. The van der Waals surface area contributed by atoms with Crippen molar-refractivity contribution in [1.82, 2.24) is 0 Å². The maximum atomic E-state index is 12.9. The molecular formula is C41H44O7. The van der Waals surface area contributed by atoms with Gasteiger partial charge in [0.1, 0.15) is 17.2 Å². The summed E-state index contributed by atoms with van der Waals surface area (Å²) in [6.07, 6.45) is 7.03. The molecule has 1 aliphatic heterocycles. The largest absolute Gasteiger partial charge is 0.494 e. The average molecular weight is 649 g/mol. The van der Waals surface area contributed by atoms with Crippen LogP contribution in [0.15, 0.2) is 84.9 Å². The summed E-state index contributed by atoms with van der Waals surface area (Å²) in [6, 6.07) is 26.1. The van der Waals surface area contributed by atoms with E-state index in [0.717, 1.165) is 67.8 Å². The number of hydrogen-bond donors (Lipinski definition) is 0. The SMILES string of the molecule is CCCCCc1ccc(C(=O)Oc2ccc3c(c2)Cc2cc(OC(=O)c4ccc(OCCCCOCC5(C)COC5)cc4)ccc2-3)cc1. The highest BCUT2D eigenvalue weighted by molar-refractivity contribution is 5.92. The second kappa shape index (κ2) is 15.6. The zero-order valence-electron chi connectivity index (χ0n) is 27.9. The fourth-order valence-corrected chi connectivity index (χ4v) is 6.04. The summed E-state index contributed by atoms with van der Waals surface area (Å²) in [5.74, 6) is 0.907. The highest BCUT2D eigenvalue weighted by atomic mass is 16.5. The summed E-state index contributed by atoms with van der Waals surface area (Å²) < 4.78 is 28.3. The van der Waals surface area contributed by atoms with E-state index in [0.29, 0.717) is 48.0 Å². The lowest BCUT2D eigenvalue weighted by molar-refractivity contribution is -0.138. The molecule has 1 fully saturated rings. The number of hydrogen-bond acceptors (Lipinski definition) is 7. The topological polar surface area (TPSA) is 80.3 Å². The van der Waals surface area contributed by atoms with E-state index < -0.39 is 5.97 Å². The Morgan fingerprint density at radius 1 is 0.688 bits per heavy atom. The van der Waals surface area contributed by atoms with Gasteiger partial charge in [0.2, 0.25) is 0 Å². The molecule has 7 heteroatoms. The van der Waals surface area contributed by atoms with E-state index in [1.807, 2.05) is 60.7 Å². The second-order valence-electron chi connectivity index (χ2n) is 13.2. The van der Waals surface area contributed by atoms with Gasteiger partial charge in [0.05, 0.1) is 37.6 Å². The maximum absolute atomic E-state index is 12.9. The lowest BCUT2D eigenvalue weighted by atomic mass is 9.90. The minimum absolute atomic E-state index is 0.178. The lowest BCUT2D eigenvalue weighted by Crippen LogP contribution is -2.43. The van der Waals surface area contributed by atoms with Crippen LogP contribution in [-0.2, 0) is 22.3 Å². The number of aryl methyl sites for hydroxylation is 1. The van der Waals surface area contributed by atoms with Gasteiger partial charge in [0.15, 0.2) is 0 Å². The smallest absolute Gasteiger partial charge is 0.343 e. The third kappa shape index (κ3) is 8.52. The van der Waals surface area contributed by atoms with E-state index in [1.54, 1.807) is 24.3 Å². The third-order valence-electron chi connectivity index (χ3n) is 8.90. The van der Waals surface area contributed by atoms with Crippen LogP contribution < -0.4 is 14.2 Å². The first-order valence-electron chi connectivity index (χ1n) is 17.1. The molecule has 2 aliphatic rings. The van der Waals surface area contributed by atoms with Crippen molar-refractivity contribution in [2.45, 2.75) is 58.8 Å². The predicted molar refractivity (Wildman–Crippen MR) is 185 cm³/mol. The molecule has 1 saturated heterocycles. The molecule has 250 valence electrons. The van der Waals surface area contributed by atoms with Crippen LogP contribution >= 0.6 is 0 Å². The lowest BCUT2D eigenvalue weighted by Gasteiger charge is -2.37. The average Bonchev–Trinajstić information content (AvgIpc) is 3.44. The van der Waals surface area contributed by atoms with Gasteiger partial charge >= 0.3 is 11.9 Å². The molecule has 6 rings (SSSR count). The highest BCUT2D eigenvalue weighted by Gasteiger charge is 2.33. The quantitative estimate of drug-likeness (QED) is 0.0602. The Morgan fingerprint density at radius 3 is 1.81 bits per heavy atom. The Morgan fingerprint density at radius 2 is 1.25 bits per heavy atom. The van der Waals surface area contributed by atoms with Crippen molar-refractivity contribution in [2.24, 2.45) is 5.41 Å². The Balaban J connectivity index is 0.961. The molecule has 0 unspecified atom stereocenters. The summed E-state index contributed by atoms with van der Waals surface area (Å²) >= 11 is 0. The summed E-state index contributed by atoms with van der Waals surface area (Å²) in [5, 5.41) is 0. The van der Waals surface area contributed by atoms with Crippen LogP contribution in [-0.4, -0.2) is 45.0 Å². The van der Waals surface area contributed by atoms with Gasteiger partial charge in [-0.05, 0) is 121 Å². The molecule has 0 N–H and O–H groups in total. The molecule has 0 amide bonds. The second-order valence-corrected chi connectivity index (χ2v) is 13.2. The number of benzene rings is 4. The molecule has 48 heavy (non-hydrogen) atoms. The number of carbonyl (C=O) groups excluding carboxylic acids is 2. The fourth-order valence-electron chi connectivity index (χ4n) is 6.04. The first-order chi connectivity index (χ1) is 23.4. The minimum atomic E-state index is -0.428. The van der Waals surface area contributed by atoms with E-state index in [2.05, 4.69) is 13.8 Å². The van der Waals surface area contributed by atoms with Gasteiger partial charge in [0, 0.05) is 12.0 Å². The number of ether oxygens (including phenoxy) is 5. The van der Waals surface area contributed by atoms with Gasteiger partial charge in [-0.2, -0.15) is 0 Å². The maximum Gasteiger partial charge on any atom is 0.343 e. The van der Waals surface area contributed by atoms with E-state index in [9.17, 15) is 9.59 Å². The zero-order valence-corrected chi connectivity index (χ0v) is 27.9. The van der Waals surface area contributed by atoms with E-state index >= 15 is 0 Å². The summed E-state index contributed by atoms with van der Waals surface area (Å²) in [7, 11) is 0. The van der Waals surface area contributed by atoms with E-state index in [-0.39, 0.29) is 11.4 Å². The Kier molecular flexibility index (Phi) is 10.9. The number of unbranched alkanes of at least 4 members (excludes halogenated alkanes) is 3. The van der Waals surface area contributed by atoms with Crippen LogP contribution in [0.4, 0.5) is 0 Å². The van der Waals surface area contributed by atoms with Crippen LogP contribution in [0.5, 0.6) is 17.2 Å². The Bertz CT molecular complexity index is 1700. The third-order valence-corrected chi connectivity index (χ3v) is 8.90. The Labute approximate surface area is 283 Å². The molecule has 4 aromatic carbocycles. The standard InChI is InChI=1S/C41H44O7/c1-3-4-5-8-29-9-11-30(12-10-29)39(42)47-35-17-19-37-32(24-35)23-33-25-36(18-20-38(33)37)48-40(43)31-13-15-34(16-14-31)46-22-7-6-21-44-26-41(2)27-45-28-41/h9-20,24-25H,3-8,21-23,26-28H2,1-2H3. The van der Waals surface area contributed by atoms with Crippen LogP contribution in [0.25, 0.3) is 11.1 Å². The van der Waals surface area contributed by atoms with Gasteiger partial charge in [0.25, 0.3) is 0 Å². The molecule has 1 heterocycles. The normalized spacial score (nSPS) is 14.0. The molecule has 1 aliphatic carbocycles. The molecule has 0 bridgehead atoms. The zero-order chi connectivity index (χ0) is 33.3. The van der Waals surface area contributed by atoms with Crippen molar-refractivity contribution in [3.63, 3.8) is 0 Å². The molecule has 0 aromatic heterocycles. The first-order valence-corrected chi connectivity index (χ1v) is 17.1. The molecule has 0 saturated carbocycles. The van der Waals surface area contributed by atoms with Crippen molar-refractivity contribution in [3.05, 3.63) is 113 Å². The fraction of sp³-hybridized carbons (Fsp3) is 0.366. The number of carbonyl (C=O) groups is 2. The van der Waals surface area contributed by atoms with Crippen molar-refractivity contribution >= 4 is 11.9 Å². The van der Waals surface area contributed by atoms with E-state index in [1.165, 1.54) is 18.4 Å². The molecular weight excluding hydrogens is 604 g/mol. The number of fused-ring (bicyclic) bond motifs is 3. The van der Waals surface area contributed by atoms with Crippen molar-refractivity contribution in [3.8, 4) is 28.4 Å². The summed E-state index contributed by atoms with van der Waals surface area (Å²) in [4.78, 5) is 25.7. The van der Waals surface area contributed by atoms with Crippen LogP contribution in [0.2, 0.25) is 0 Å². The first kappa shape index (κ1) is 33.4. The van der Waals surface area contributed by atoms with Crippen molar-refractivity contribution < 1.29 is 33.3 Å². The summed E-state index contributed by atoms with van der Waals surface area (Å²) in [5.41, 5.74) is 6.68. The van der Waals surface area contributed by atoms with Gasteiger partial charge in [-0.15, -0.1) is 0 Å². The van der Waals surface area contributed by atoms with Crippen LogP contribution in [0, 0.1) is 5.41 Å². The van der Waals surface area contributed by atoms with Crippen LogP contribution in [0.1, 0.15) is 83.4 Å². The molecule has 0 spiro atoms.